The number of aromatic nitrogens is 2. The van der Waals surface area contributed by atoms with Crippen LogP contribution in [-0.4, -0.2) is 35.7 Å². The van der Waals surface area contributed by atoms with Crippen molar-refractivity contribution >= 4 is 35.1 Å². The predicted octanol–water partition coefficient (Wildman–Crippen LogP) is 4.63. The SMILES string of the molecule is COc1ccc([C@H]2SCC(=O)Nc3c2c(C)nn3-c2ccccc2Cl)cc1OC. The molecule has 8 heteroatoms. The Labute approximate surface area is 178 Å². The van der Waals surface area contributed by atoms with Crippen molar-refractivity contribution in [3.05, 3.63) is 64.3 Å². The summed E-state index contributed by atoms with van der Waals surface area (Å²) in [7, 11) is 3.22. The number of halogens is 1. The van der Waals surface area contributed by atoms with Gasteiger partial charge < -0.3 is 14.8 Å². The number of fused-ring (bicyclic) bond motifs is 1. The number of aryl methyl sites for hydroxylation is 1. The van der Waals surface area contributed by atoms with E-state index in [1.54, 1.807) is 36.7 Å². The first kappa shape index (κ1) is 19.7. The number of nitrogens with zero attached hydrogens (tertiary/aromatic N) is 2. The lowest BCUT2D eigenvalue weighted by molar-refractivity contribution is -0.113. The predicted molar refractivity (Wildman–Crippen MR) is 116 cm³/mol. The summed E-state index contributed by atoms with van der Waals surface area (Å²) in [5.41, 5.74) is 3.51. The van der Waals surface area contributed by atoms with Gasteiger partial charge in [-0.25, -0.2) is 4.68 Å². The van der Waals surface area contributed by atoms with Gasteiger partial charge in [-0.3, -0.25) is 4.79 Å². The third-order valence-electron chi connectivity index (χ3n) is 4.80. The summed E-state index contributed by atoms with van der Waals surface area (Å²) < 4.78 is 12.5. The van der Waals surface area contributed by atoms with Gasteiger partial charge in [-0.1, -0.05) is 29.8 Å². The van der Waals surface area contributed by atoms with Crippen LogP contribution < -0.4 is 14.8 Å². The van der Waals surface area contributed by atoms with Crippen LogP contribution in [-0.2, 0) is 4.79 Å². The first-order chi connectivity index (χ1) is 14.0. The molecule has 2 aromatic carbocycles. The van der Waals surface area contributed by atoms with E-state index in [1.807, 2.05) is 43.3 Å². The lowest BCUT2D eigenvalue weighted by Crippen LogP contribution is -2.16. The highest BCUT2D eigenvalue weighted by Gasteiger charge is 2.31. The molecule has 1 aliphatic rings. The summed E-state index contributed by atoms with van der Waals surface area (Å²) in [4.78, 5) is 12.5. The maximum absolute atomic E-state index is 12.5. The second kappa shape index (κ2) is 8.00. The van der Waals surface area contributed by atoms with E-state index in [0.717, 1.165) is 22.5 Å². The maximum Gasteiger partial charge on any atom is 0.235 e. The fourth-order valence-corrected chi connectivity index (χ4v) is 4.85. The Morgan fingerprint density at radius 3 is 2.66 bits per heavy atom. The highest BCUT2D eigenvalue weighted by atomic mass is 35.5. The van der Waals surface area contributed by atoms with Crippen LogP contribution in [0, 0.1) is 6.92 Å². The zero-order chi connectivity index (χ0) is 20.5. The summed E-state index contributed by atoms with van der Waals surface area (Å²) >= 11 is 7.96. The van der Waals surface area contributed by atoms with Crippen LogP contribution in [0.2, 0.25) is 5.02 Å². The third-order valence-corrected chi connectivity index (χ3v) is 6.39. The minimum Gasteiger partial charge on any atom is -0.493 e. The van der Waals surface area contributed by atoms with E-state index in [-0.39, 0.29) is 11.2 Å². The van der Waals surface area contributed by atoms with E-state index in [4.69, 9.17) is 26.2 Å². The summed E-state index contributed by atoms with van der Waals surface area (Å²) in [5, 5.41) is 8.18. The largest absolute Gasteiger partial charge is 0.493 e. The second-order valence-corrected chi connectivity index (χ2v) is 8.07. The van der Waals surface area contributed by atoms with Crippen LogP contribution >= 0.6 is 23.4 Å². The molecule has 4 rings (SSSR count). The molecule has 0 unspecified atom stereocenters. The topological polar surface area (TPSA) is 65.4 Å². The van der Waals surface area contributed by atoms with Gasteiger partial charge in [0.05, 0.1) is 41.6 Å². The number of rotatable bonds is 4. The smallest absolute Gasteiger partial charge is 0.235 e. The van der Waals surface area contributed by atoms with E-state index in [0.29, 0.717) is 28.1 Å². The van der Waals surface area contributed by atoms with Gasteiger partial charge in [-0.15, -0.1) is 11.8 Å². The number of hydrogen-bond acceptors (Lipinski definition) is 5. The van der Waals surface area contributed by atoms with Crippen molar-refractivity contribution in [1.29, 1.82) is 0 Å². The van der Waals surface area contributed by atoms with Gasteiger partial charge in [0.2, 0.25) is 5.91 Å². The summed E-state index contributed by atoms with van der Waals surface area (Å²) in [6, 6.07) is 13.3. The first-order valence-corrected chi connectivity index (χ1v) is 10.4. The second-order valence-electron chi connectivity index (χ2n) is 6.56. The Kier molecular flexibility index (Phi) is 5.43. The van der Waals surface area contributed by atoms with Gasteiger partial charge in [-0.2, -0.15) is 5.10 Å². The van der Waals surface area contributed by atoms with Gasteiger partial charge >= 0.3 is 0 Å². The molecule has 29 heavy (non-hydrogen) atoms. The standard InChI is InChI=1S/C21H20ClN3O3S/c1-12-19-20(13-8-9-16(27-2)17(10-13)28-3)29-11-18(26)23-21(19)25(24-12)15-7-5-4-6-14(15)22/h4-10,20H,11H2,1-3H3,(H,23,26)/t20-/m1/s1. The number of benzene rings is 2. The molecular weight excluding hydrogens is 410 g/mol. The minimum absolute atomic E-state index is 0.0765. The van der Waals surface area contributed by atoms with E-state index in [2.05, 4.69) is 5.32 Å². The van der Waals surface area contributed by atoms with Crippen LogP contribution in [0.1, 0.15) is 22.1 Å². The number of carbonyl (C=O) groups excluding carboxylic acids is 1. The van der Waals surface area contributed by atoms with Crippen molar-refractivity contribution < 1.29 is 14.3 Å². The van der Waals surface area contributed by atoms with Crippen LogP contribution in [0.4, 0.5) is 5.82 Å². The molecule has 3 aromatic rings. The minimum atomic E-state index is -0.0972. The molecule has 0 saturated carbocycles. The van der Waals surface area contributed by atoms with Crippen LogP contribution in [0.3, 0.4) is 0 Å². The van der Waals surface area contributed by atoms with Gasteiger partial charge in [0.1, 0.15) is 5.82 Å². The van der Waals surface area contributed by atoms with Crippen molar-refractivity contribution in [3.63, 3.8) is 0 Å². The molecule has 1 amide bonds. The van der Waals surface area contributed by atoms with E-state index < -0.39 is 0 Å². The van der Waals surface area contributed by atoms with Crippen molar-refractivity contribution in [2.24, 2.45) is 0 Å². The highest BCUT2D eigenvalue weighted by molar-refractivity contribution is 8.00. The van der Waals surface area contributed by atoms with Crippen LogP contribution in [0.15, 0.2) is 42.5 Å². The van der Waals surface area contributed by atoms with Crippen LogP contribution in [0.25, 0.3) is 5.69 Å². The van der Waals surface area contributed by atoms with Crippen molar-refractivity contribution in [2.45, 2.75) is 12.2 Å². The monoisotopic (exact) mass is 429 g/mol. The molecule has 0 aliphatic carbocycles. The number of para-hydroxylation sites is 1. The Balaban J connectivity index is 1.89. The number of hydrogen-bond donors (Lipinski definition) is 1. The molecule has 0 saturated heterocycles. The molecule has 1 aliphatic heterocycles. The van der Waals surface area contributed by atoms with E-state index in [9.17, 15) is 4.79 Å². The molecule has 6 nitrogen and oxygen atoms in total. The molecule has 1 N–H and O–H groups in total. The number of anilines is 1. The van der Waals surface area contributed by atoms with Gasteiger partial charge in [0.25, 0.3) is 0 Å². The van der Waals surface area contributed by atoms with Crippen LogP contribution in [0.5, 0.6) is 11.5 Å². The Morgan fingerprint density at radius 2 is 1.93 bits per heavy atom. The number of thioether (sulfide) groups is 1. The Hall–Kier alpha value is -2.64. The number of amides is 1. The number of carbonyl (C=O) groups is 1. The Morgan fingerprint density at radius 1 is 1.17 bits per heavy atom. The molecule has 0 radical (unpaired) electrons. The average Bonchev–Trinajstić information content (AvgIpc) is 2.93. The normalized spacial score (nSPS) is 16.0. The highest BCUT2D eigenvalue weighted by Crippen LogP contribution is 2.45. The molecule has 0 fully saturated rings. The van der Waals surface area contributed by atoms with Gasteiger partial charge in [0, 0.05) is 5.56 Å². The quantitative estimate of drug-likeness (QED) is 0.655. The van der Waals surface area contributed by atoms with Crippen molar-refractivity contribution in [3.8, 4) is 17.2 Å². The third kappa shape index (κ3) is 3.56. The van der Waals surface area contributed by atoms with Crippen molar-refractivity contribution in [2.75, 3.05) is 25.3 Å². The fourth-order valence-electron chi connectivity index (χ4n) is 3.46. The molecule has 0 spiro atoms. The molecule has 2 heterocycles. The molecular formula is C21H20ClN3O3S. The first-order valence-electron chi connectivity index (χ1n) is 9.01. The van der Waals surface area contributed by atoms with Crippen molar-refractivity contribution in [1.82, 2.24) is 9.78 Å². The van der Waals surface area contributed by atoms with Gasteiger partial charge in [0.15, 0.2) is 11.5 Å². The average molecular weight is 430 g/mol. The zero-order valence-corrected chi connectivity index (χ0v) is 17.8. The number of methoxy groups -OCH3 is 2. The van der Waals surface area contributed by atoms with E-state index in [1.165, 1.54) is 0 Å². The fraction of sp³-hybridized carbons (Fsp3) is 0.238. The summed E-state index contributed by atoms with van der Waals surface area (Å²) in [5.74, 6) is 2.20. The molecule has 150 valence electrons. The lowest BCUT2D eigenvalue weighted by atomic mass is 10.0. The summed E-state index contributed by atoms with van der Waals surface area (Å²) in [6.45, 7) is 1.94. The molecule has 1 aromatic heterocycles. The van der Waals surface area contributed by atoms with E-state index >= 15 is 0 Å². The Bertz CT molecular complexity index is 1080. The molecule has 0 bridgehead atoms. The zero-order valence-electron chi connectivity index (χ0n) is 16.2. The maximum atomic E-state index is 12.5. The summed E-state index contributed by atoms with van der Waals surface area (Å²) in [6.07, 6.45) is 0. The van der Waals surface area contributed by atoms with Gasteiger partial charge in [-0.05, 0) is 36.8 Å². The number of nitrogens with one attached hydrogen (secondary N) is 1. The lowest BCUT2D eigenvalue weighted by Gasteiger charge is -2.17. The molecule has 1 atom stereocenters. The number of ether oxygens (including phenoxy) is 2.